The monoisotopic (exact) mass is 388 g/mol. The average molecular weight is 388 g/mol. The van der Waals surface area contributed by atoms with Crippen LogP contribution in [0, 0.1) is 11.8 Å². The van der Waals surface area contributed by atoms with Crippen molar-refractivity contribution >= 4 is 19.4 Å². The number of nitrogen functional groups attached to an aromatic ring is 1. The van der Waals surface area contributed by atoms with Crippen molar-refractivity contribution in [1.29, 1.82) is 0 Å². The molecule has 0 spiro atoms. The Balaban J connectivity index is 2.14. The molecule has 9 nitrogen and oxygen atoms in total. The Labute approximate surface area is 153 Å². The minimum Gasteiger partial charge on any atom is -0.369 e. The van der Waals surface area contributed by atoms with Gasteiger partial charge in [-0.2, -0.15) is 4.98 Å². The van der Waals surface area contributed by atoms with Crippen LogP contribution in [0.4, 0.5) is 11.8 Å². The molecule has 1 saturated carbocycles. The van der Waals surface area contributed by atoms with Gasteiger partial charge in [0.15, 0.2) is 5.34 Å². The van der Waals surface area contributed by atoms with E-state index in [-0.39, 0.29) is 24.7 Å². The van der Waals surface area contributed by atoms with Gasteiger partial charge in [0.2, 0.25) is 5.95 Å². The summed E-state index contributed by atoms with van der Waals surface area (Å²) < 4.78 is 19.1. The van der Waals surface area contributed by atoms with Crippen LogP contribution in [-0.2, 0) is 15.8 Å². The van der Waals surface area contributed by atoms with E-state index < -0.39 is 24.8 Å². The van der Waals surface area contributed by atoms with Gasteiger partial charge in [0.1, 0.15) is 5.82 Å². The lowest BCUT2D eigenvalue weighted by atomic mass is 9.95. The highest BCUT2D eigenvalue weighted by atomic mass is 31.2. The summed E-state index contributed by atoms with van der Waals surface area (Å²) in [5.74, 6) is -0.345. The number of aromatic nitrogens is 2. The lowest BCUT2D eigenvalue weighted by Gasteiger charge is -2.41. The maximum atomic E-state index is 12.3. The van der Waals surface area contributed by atoms with Gasteiger partial charge < -0.3 is 25.6 Å². The zero-order chi connectivity index (χ0) is 19.7. The molecule has 0 unspecified atom stereocenters. The maximum Gasteiger partial charge on any atom is 0.357 e. The molecule has 0 radical (unpaired) electrons. The molecule has 5 N–H and O–H groups in total. The molecule has 0 aromatic carbocycles. The highest BCUT2D eigenvalue weighted by molar-refractivity contribution is 7.53. The van der Waals surface area contributed by atoms with Gasteiger partial charge in [-0.15, -0.1) is 0 Å². The van der Waals surface area contributed by atoms with Crippen molar-refractivity contribution < 1.29 is 19.1 Å². The van der Waals surface area contributed by atoms with Gasteiger partial charge >= 0.3 is 7.60 Å². The predicted molar refractivity (Wildman–Crippen MR) is 100.0 cm³/mol. The third-order valence-electron chi connectivity index (χ3n) is 4.73. The van der Waals surface area contributed by atoms with E-state index in [0.29, 0.717) is 11.9 Å². The Morgan fingerprint density at radius 2 is 1.96 bits per heavy atom. The number of ether oxygens (including phenoxy) is 1. The summed E-state index contributed by atoms with van der Waals surface area (Å²) in [6.45, 7) is 6.82. The summed E-state index contributed by atoms with van der Waals surface area (Å²) in [5, 5.41) is 1.50. The van der Waals surface area contributed by atoms with Crippen LogP contribution < -0.4 is 16.6 Å². The van der Waals surface area contributed by atoms with Crippen molar-refractivity contribution in [2.45, 2.75) is 58.5 Å². The smallest absolute Gasteiger partial charge is 0.357 e. The summed E-state index contributed by atoms with van der Waals surface area (Å²) in [6.07, 6.45) is 2.10. The second kappa shape index (κ2) is 7.68. The first-order valence-electron chi connectivity index (χ1n) is 8.82. The van der Waals surface area contributed by atoms with Gasteiger partial charge in [-0.25, -0.2) is 0 Å². The van der Waals surface area contributed by atoms with Gasteiger partial charge in [0, 0.05) is 12.1 Å². The SMILES string of the molecule is CC(C)C(OCCn1c(N)nc(NC2CC2)cc1=O)(C(C)C)P(=O)(O)O. The topological polar surface area (TPSA) is 140 Å². The Kier molecular flexibility index (Phi) is 6.17. The van der Waals surface area contributed by atoms with E-state index in [1.807, 2.05) is 0 Å². The fourth-order valence-electron chi connectivity index (χ4n) is 3.32. The van der Waals surface area contributed by atoms with Crippen LogP contribution in [0.3, 0.4) is 0 Å². The Hall–Kier alpha value is -1.41. The van der Waals surface area contributed by atoms with Gasteiger partial charge in [0.05, 0.1) is 13.2 Å². The average Bonchev–Trinajstić information content (AvgIpc) is 3.27. The van der Waals surface area contributed by atoms with Crippen LogP contribution in [0.15, 0.2) is 10.9 Å². The standard InChI is InChI=1S/C16H29N4O5P/c1-10(2)16(11(3)4,26(22,23)24)25-8-7-20-14(21)9-13(19-15(20)17)18-12-5-6-12/h9-12,18H,5-8H2,1-4H3,(H2,17,19)(H2,22,23,24). The molecule has 148 valence electrons. The van der Waals surface area contributed by atoms with Crippen molar-refractivity contribution in [3.8, 4) is 0 Å². The molecule has 1 heterocycles. The Morgan fingerprint density at radius 1 is 1.38 bits per heavy atom. The quantitative estimate of drug-likeness (QED) is 0.468. The van der Waals surface area contributed by atoms with E-state index in [4.69, 9.17) is 10.5 Å². The maximum absolute atomic E-state index is 12.3. The van der Waals surface area contributed by atoms with E-state index in [1.54, 1.807) is 27.7 Å². The molecule has 0 saturated heterocycles. The molecule has 0 atom stereocenters. The van der Waals surface area contributed by atoms with Gasteiger partial charge in [-0.3, -0.25) is 13.9 Å². The number of anilines is 2. The molecule has 1 aromatic heterocycles. The number of nitrogens with zero attached hydrogens (tertiary/aromatic N) is 2. The number of nitrogens with two attached hydrogens (primary N) is 1. The van der Waals surface area contributed by atoms with Crippen LogP contribution >= 0.6 is 7.60 Å². The Bertz CT molecular complexity index is 731. The molecule has 0 amide bonds. The molecular weight excluding hydrogens is 359 g/mol. The van der Waals surface area contributed by atoms with Crippen LogP contribution in [0.2, 0.25) is 0 Å². The van der Waals surface area contributed by atoms with E-state index >= 15 is 0 Å². The molecule has 26 heavy (non-hydrogen) atoms. The molecule has 10 heteroatoms. The summed E-state index contributed by atoms with van der Waals surface area (Å²) in [6, 6.07) is 1.72. The summed E-state index contributed by atoms with van der Waals surface area (Å²) in [7, 11) is -4.55. The first-order valence-corrected chi connectivity index (χ1v) is 10.4. The van der Waals surface area contributed by atoms with Crippen molar-refractivity contribution in [2.24, 2.45) is 11.8 Å². The minimum atomic E-state index is -4.55. The van der Waals surface area contributed by atoms with Gasteiger partial charge in [-0.1, -0.05) is 27.7 Å². The number of hydrogen-bond donors (Lipinski definition) is 4. The van der Waals surface area contributed by atoms with Crippen LogP contribution in [0.1, 0.15) is 40.5 Å². The second-order valence-electron chi connectivity index (χ2n) is 7.36. The van der Waals surface area contributed by atoms with Gasteiger partial charge in [0.25, 0.3) is 5.56 Å². The molecule has 2 rings (SSSR count). The first-order chi connectivity index (χ1) is 12.0. The zero-order valence-corrected chi connectivity index (χ0v) is 16.6. The summed E-state index contributed by atoms with van der Waals surface area (Å²) >= 11 is 0. The third-order valence-corrected chi connectivity index (χ3v) is 6.80. The fourth-order valence-corrected chi connectivity index (χ4v) is 4.92. The highest BCUT2D eigenvalue weighted by Crippen LogP contribution is 2.59. The summed E-state index contributed by atoms with van der Waals surface area (Å²) in [4.78, 5) is 36.2. The van der Waals surface area contributed by atoms with Crippen LogP contribution in [-0.4, -0.2) is 37.3 Å². The van der Waals surface area contributed by atoms with Crippen LogP contribution in [0.5, 0.6) is 0 Å². The van der Waals surface area contributed by atoms with Crippen LogP contribution in [0.25, 0.3) is 0 Å². The fraction of sp³-hybridized carbons (Fsp3) is 0.750. The lowest BCUT2D eigenvalue weighted by molar-refractivity contribution is -0.0648. The van der Waals surface area contributed by atoms with Gasteiger partial charge in [-0.05, 0) is 24.7 Å². The summed E-state index contributed by atoms with van der Waals surface area (Å²) in [5.41, 5.74) is 5.54. The van der Waals surface area contributed by atoms with Crippen molar-refractivity contribution in [3.63, 3.8) is 0 Å². The molecule has 0 bridgehead atoms. The van der Waals surface area contributed by atoms with E-state index in [0.717, 1.165) is 12.8 Å². The minimum absolute atomic E-state index is 0.0418. The molecule has 1 aliphatic rings. The predicted octanol–water partition coefficient (Wildman–Crippen LogP) is 1.60. The second-order valence-corrected chi connectivity index (χ2v) is 9.15. The lowest BCUT2D eigenvalue weighted by Crippen LogP contribution is -2.44. The number of nitrogens with one attached hydrogen (secondary N) is 1. The Morgan fingerprint density at radius 3 is 2.38 bits per heavy atom. The third kappa shape index (κ3) is 4.28. The molecule has 1 aromatic rings. The molecule has 0 aliphatic heterocycles. The first kappa shape index (κ1) is 20.9. The van der Waals surface area contributed by atoms with E-state index in [9.17, 15) is 19.1 Å². The highest BCUT2D eigenvalue weighted by Gasteiger charge is 2.53. The molecule has 1 aliphatic carbocycles. The van der Waals surface area contributed by atoms with E-state index in [1.165, 1.54) is 10.6 Å². The largest absolute Gasteiger partial charge is 0.369 e. The number of rotatable bonds is 9. The number of hydrogen-bond acceptors (Lipinski definition) is 6. The molecular formula is C16H29N4O5P. The van der Waals surface area contributed by atoms with E-state index in [2.05, 4.69) is 10.3 Å². The van der Waals surface area contributed by atoms with Crippen molar-refractivity contribution in [3.05, 3.63) is 16.4 Å². The molecule has 1 fully saturated rings. The van der Waals surface area contributed by atoms with Crippen molar-refractivity contribution in [1.82, 2.24) is 9.55 Å². The zero-order valence-electron chi connectivity index (χ0n) is 15.7. The normalized spacial score (nSPS) is 15.7. The van der Waals surface area contributed by atoms with Crippen molar-refractivity contribution in [2.75, 3.05) is 17.7 Å².